The fourth-order valence-corrected chi connectivity index (χ4v) is 6.98. The number of ether oxygens (including phenoxy) is 2. The number of nitrogens with one attached hydrogen (secondary N) is 2. The van der Waals surface area contributed by atoms with E-state index in [2.05, 4.69) is 83.4 Å². The van der Waals surface area contributed by atoms with Crippen LogP contribution >= 0.6 is 11.8 Å². The summed E-state index contributed by atoms with van der Waals surface area (Å²) in [7, 11) is 0. The van der Waals surface area contributed by atoms with Gasteiger partial charge in [0, 0.05) is 11.8 Å². The number of benzene rings is 5. The molecule has 0 aromatic heterocycles. The molecule has 8 heteroatoms. The predicted molar refractivity (Wildman–Crippen MR) is 193 cm³/mol. The summed E-state index contributed by atoms with van der Waals surface area (Å²) in [6.45, 7) is 5.50. The molecule has 3 N–H and O–H groups in total. The highest BCUT2D eigenvalue weighted by molar-refractivity contribution is 8.00. The Morgan fingerprint density at radius 2 is 1.23 bits per heavy atom. The Balaban J connectivity index is 1.41. The van der Waals surface area contributed by atoms with E-state index in [-0.39, 0.29) is 5.56 Å². The van der Waals surface area contributed by atoms with Crippen LogP contribution < -0.4 is 15.4 Å². The van der Waals surface area contributed by atoms with Gasteiger partial charge in [-0.05, 0) is 80.0 Å². The van der Waals surface area contributed by atoms with Gasteiger partial charge in [-0.2, -0.15) is 0 Å². The van der Waals surface area contributed by atoms with E-state index >= 15 is 0 Å². The van der Waals surface area contributed by atoms with Crippen molar-refractivity contribution in [3.05, 3.63) is 162 Å². The third kappa shape index (κ3) is 8.98. The first-order chi connectivity index (χ1) is 23.1. The van der Waals surface area contributed by atoms with Gasteiger partial charge in [0.2, 0.25) is 0 Å². The molecule has 0 unspecified atom stereocenters. The summed E-state index contributed by atoms with van der Waals surface area (Å²) in [6.07, 6.45) is -0.453. The molecule has 0 spiro atoms. The average Bonchev–Trinajstić information content (AvgIpc) is 3.07. The second-order valence-electron chi connectivity index (χ2n) is 12.2. The van der Waals surface area contributed by atoms with Crippen molar-refractivity contribution in [1.29, 1.82) is 0 Å². The van der Waals surface area contributed by atoms with Crippen LogP contribution in [0, 0.1) is 0 Å². The smallest absolute Gasteiger partial charge is 0.409 e. The molecular weight excluding hydrogens is 621 g/mol. The number of alkyl carbamates (subject to hydrolysis) is 1. The van der Waals surface area contributed by atoms with Crippen molar-refractivity contribution < 1.29 is 24.2 Å². The maximum absolute atomic E-state index is 13.0. The Morgan fingerprint density at radius 3 is 1.75 bits per heavy atom. The van der Waals surface area contributed by atoms with Gasteiger partial charge < -0.3 is 25.2 Å². The summed E-state index contributed by atoms with van der Waals surface area (Å²) in [5.74, 6) is 0.570. The van der Waals surface area contributed by atoms with E-state index in [1.54, 1.807) is 18.2 Å². The molecule has 5 aromatic carbocycles. The third-order valence-electron chi connectivity index (χ3n) is 7.45. The first kappa shape index (κ1) is 34.1. The summed E-state index contributed by atoms with van der Waals surface area (Å²) in [5, 5.41) is 15.8. The van der Waals surface area contributed by atoms with Gasteiger partial charge in [-0.25, -0.2) is 9.59 Å². The van der Waals surface area contributed by atoms with Gasteiger partial charge in [0.1, 0.15) is 23.3 Å². The Morgan fingerprint density at radius 1 is 0.708 bits per heavy atom. The van der Waals surface area contributed by atoms with Gasteiger partial charge in [-0.3, -0.25) is 0 Å². The highest BCUT2D eigenvalue weighted by atomic mass is 32.2. The van der Waals surface area contributed by atoms with E-state index in [4.69, 9.17) is 9.47 Å². The SMILES string of the molecule is CC(C)(C)OC(=O)N[C@H](CCSC(c1ccccc1)(c1ccccc1)c1ccccc1)Nc1cccc(Oc2cccc(C(=O)O)c2)c1. The quantitative estimate of drug-likeness (QED) is 0.0855. The Bertz CT molecular complexity index is 1700. The van der Waals surface area contributed by atoms with Crippen LogP contribution in [0.15, 0.2) is 140 Å². The molecule has 0 heterocycles. The molecule has 0 aliphatic heterocycles. The number of thioether (sulfide) groups is 1. The van der Waals surface area contributed by atoms with Gasteiger partial charge in [-0.15, -0.1) is 11.8 Å². The molecule has 5 rings (SSSR count). The second kappa shape index (κ2) is 15.6. The molecular formula is C40H40N2O5S. The van der Waals surface area contributed by atoms with Crippen molar-refractivity contribution in [2.45, 2.75) is 43.7 Å². The van der Waals surface area contributed by atoms with Crippen molar-refractivity contribution in [2.24, 2.45) is 0 Å². The molecule has 0 saturated heterocycles. The van der Waals surface area contributed by atoms with Crippen molar-refractivity contribution in [2.75, 3.05) is 11.1 Å². The number of carbonyl (C=O) groups is 2. The molecule has 0 bridgehead atoms. The van der Waals surface area contributed by atoms with E-state index < -0.39 is 28.6 Å². The van der Waals surface area contributed by atoms with Crippen molar-refractivity contribution >= 4 is 29.5 Å². The zero-order valence-electron chi connectivity index (χ0n) is 27.3. The molecule has 0 aliphatic rings. The average molecular weight is 661 g/mol. The van der Waals surface area contributed by atoms with Gasteiger partial charge in [0.15, 0.2) is 0 Å². The summed E-state index contributed by atoms with van der Waals surface area (Å²) in [4.78, 5) is 24.5. The summed E-state index contributed by atoms with van der Waals surface area (Å²) in [6, 6.07) is 45.1. The van der Waals surface area contributed by atoms with Crippen LogP contribution in [0.25, 0.3) is 0 Å². The summed E-state index contributed by atoms with van der Waals surface area (Å²) in [5.41, 5.74) is 3.67. The Hall–Kier alpha value is -5.21. The second-order valence-corrected chi connectivity index (χ2v) is 13.5. The van der Waals surface area contributed by atoms with Crippen LogP contribution in [0.3, 0.4) is 0 Å². The number of anilines is 1. The van der Waals surface area contributed by atoms with Crippen LogP contribution in [-0.2, 0) is 9.48 Å². The topological polar surface area (TPSA) is 96.9 Å². The van der Waals surface area contributed by atoms with Crippen LogP contribution in [0.2, 0.25) is 0 Å². The normalized spacial score (nSPS) is 12.1. The monoisotopic (exact) mass is 660 g/mol. The zero-order valence-corrected chi connectivity index (χ0v) is 28.1. The van der Waals surface area contributed by atoms with Gasteiger partial charge >= 0.3 is 12.1 Å². The molecule has 1 atom stereocenters. The molecule has 48 heavy (non-hydrogen) atoms. The largest absolute Gasteiger partial charge is 0.478 e. The van der Waals surface area contributed by atoms with Crippen LogP contribution in [0.5, 0.6) is 11.5 Å². The minimum Gasteiger partial charge on any atom is -0.478 e. The molecule has 0 aliphatic carbocycles. The fraction of sp³-hybridized carbons (Fsp3) is 0.200. The van der Waals surface area contributed by atoms with E-state index in [9.17, 15) is 14.7 Å². The Kier molecular flexibility index (Phi) is 11.1. The maximum atomic E-state index is 13.0. The number of carbonyl (C=O) groups excluding carboxylic acids is 1. The van der Waals surface area contributed by atoms with Crippen molar-refractivity contribution in [1.82, 2.24) is 5.32 Å². The number of amides is 1. The molecule has 1 amide bonds. The Labute approximate surface area is 286 Å². The number of carboxylic acids is 1. The van der Waals surface area contributed by atoms with E-state index in [0.717, 1.165) is 16.7 Å². The van der Waals surface area contributed by atoms with E-state index in [1.165, 1.54) is 12.1 Å². The first-order valence-electron chi connectivity index (χ1n) is 15.8. The maximum Gasteiger partial charge on any atom is 0.409 e. The first-order valence-corrected chi connectivity index (χ1v) is 16.8. The number of aromatic carboxylic acids is 1. The lowest BCUT2D eigenvalue weighted by Gasteiger charge is -2.36. The van der Waals surface area contributed by atoms with Crippen molar-refractivity contribution in [3.8, 4) is 11.5 Å². The highest BCUT2D eigenvalue weighted by Crippen LogP contribution is 2.48. The summed E-state index contributed by atoms with van der Waals surface area (Å²) >= 11 is 1.81. The number of rotatable bonds is 13. The lowest BCUT2D eigenvalue weighted by molar-refractivity contribution is 0.0509. The number of carboxylic acid groups (broad SMARTS) is 1. The van der Waals surface area contributed by atoms with E-state index in [0.29, 0.717) is 29.4 Å². The molecule has 246 valence electrons. The molecule has 0 saturated carbocycles. The minimum absolute atomic E-state index is 0.137. The lowest BCUT2D eigenvalue weighted by Crippen LogP contribution is -2.43. The molecule has 7 nitrogen and oxygen atoms in total. The van der Waals surface area contributed by atoms with Gasteiger partial charge in [-0.1, -0.05) is 103 Å². The third-order valence-corrected chi connectivity index (χ3v) is 9.03. The number of hydrogen-bond donors (Lipinski definition) is 3. The molecule has 0 radical (unpaired) electrons. The van der Waals surface area contributed by atoms with Crippen molar-refractivity contribution in [3.63, 3.8) is 0 Å². The van der Waals surface area contributed by atoms with E-state index in [1.807, 2.05) is 68.9 Å². The lowest BCUT2D eigenvalue weighted by atomic mass is 9.84. The van der Waals surface area contributed by atoms with Crippen LogP contribution in [0.1, 0.15) is 54.2 Å². The molecule has 0 fully saturated rings. The minimum atomic E-state index is -1.03. The zero-order chi connectivity index (χ0) is 34.0. The van der Waals surface area contributed by atoms with Crippen LogP contribution in [-0.4, -0.2) is 34.7 Å². The van der Waals surface area contributed by atoms with Crippen LogP contribution in [0.4, 0.5) is 10.5 Å². The summed E-state index contributed by atoms with van der Waals surface area (Å²) < 4.78 is 11.1. The molecule has 5 aromatic rings. The predicted octanol–water partition coefficient (Wildman–Crippen LogP) is 9.56. The highest BCUT2D eigenvalue weighted by Gasteiger charge is 2.37. The fourth-order valence-electron chi connectivity index (χ4n) is 5.41. The number of hydrogen-bond acceptors (Lipinski definition) is 6. The van der Waals surface area contributed by atoms with Gasteiger partial charge in [0.25, 0.3) is 0 Å². The van der Waals surface area contributed by atoms with Gasteiger partial charge in [0.05, 0.1) is 10.3 Å². The standard InChI is InChI=1S/C40H40N2O5S/c1-39(2,3)47-38(45)42-36(41-33-22-14-24-35(28-33)46-34-23-13-15-29(27-34)37(43)44)25-26-48-40(30-16-7-4-8-17-30,31-18-9-5-10-19-31)32-20-11-6-12-21-32/h4-24,27-28,36,41H,25-26H2,1-3H3,(H,42,45)(H,43,44)/t36-/m1/s1.